The van der Waals surface area contributed by atoms with Crippen LogP contribution in [0.4, 0.5) is 9.59 Å². The molecule has 97 heavy (non-hydrogen) atoms. The molecule has 33 heteroatoms. The van der Waals surface area contributed by atoms with Crippen LogP contribution in [0.15, 0.2) is 79.9 Å². The number of aliphatic hydroxyl groups excluding tert-OH is 2. The molecule has 2 rings (SSSR count). The van der Waals surface area contributed by atoms with Crippen LogP contribution < -0.4 is 64.2 Å². The number of alkyl carbamates (subject to hydrolysis) is 2. The monoisotopic (exact) mass is 1380 g/mol. The van der Waals surface area contributed by atoms with Gasteiger partial charge in [-0.15, -0.1) is 0 Å². The van der Waals surface area contributed by atoms with Crippen LogP contribution in [0.5, 0.6) is 5.75 Å². The normalized spacial score (nSPS) is 13.8. The van der Waals surface area contributed by atoms with Crippen molar-refractivity contribution in [2.24, 2.45) is 11.7 Å². The van der Waals surface area contributed by atoms with E-state index in [1.165, 1.54) is 50.3 Å². The molecular formula is C64H94N12O20S. The standard InChI is InChI=1S/C64H94N12O20S/c1-10-29-94-52(82)27-25-43(71-57(87)46(31-37(3)4)73-58(88)47(32-40-20-22-42(79)23-21-40)74-59(89)48(34-77)75-60(90)49(35-78)76-63(93)96-64(7,8)9)55(85)67-33-51(81)70-44(24-26-50(65)80)56(86)69-38(5)53(83)68-39(6)54(84)72-45(19-15-16-28-66-62(92)95-30-11-2)61(91)97-36-41-17-13-12-14-18-41/h10-14,17-18,20-23,37-39,43-49,77-79H,1-2,15-16,19,24-36H2,3-9H3,(H2,65,80)(H,66,92)(H,67,85)(H,68,83)(H,69,86)(H,70,81)(H,71,87)(H,72,84)(H,73,88)(H,74,89)(H,75,90)(H,76,93)/t38-,39-,43-,44-,45-,46-,47-,48-,49-/m0/s1. The molecule has 0 bridgehead atoms. The number of unbranched alkanes of at least 4 members (excludes halogenated alkanes) is 1. The van der Waals surface area contributed by atoms with Gasteiger partial charge in [0.25, 0.3) is 0 Å². The number of aromatic hydroxyl groups is 1. The number of amides is 12. The molecule has 536 valence electrons. The van der Waals surface area contributed by atoms with E-state index in [0.717, 1.165) is 17.3 Å². The number of nitrogens with one attached hydrogen (secondary N) is 11. The first-order valence-electron chi connectivity index (χ1n) is 31.3. The predicted octanol–water partition coefficient (Wildman–Crippen LogP) is -0.790. The smallest absolute Gasteiger partial charge is 0.408 e. The summed E-state index contributed by atoms with van der Waals surface area (Å²) < 4.78 is 15.1. The second-order valence-corrected chi connectivity index (χ2v) is 24.6. The molecule has 16 N–H and O–H groups in total. The van der Waals surface area contributed by atoms with Crippen LogP contribution in [0.2, 0.25) is 0 Å². The van der Waals surface area contributed by atoms with Crippen molar-refractivity contribution < 1.29 is 96.7 Å². The number of carbonyl (C=O) groups is 14. The fourth-order valence-corrected chi connectivity index (χ4v) is 9.44. The summed E-state index contributed by atoms with van der Waals surface area (Å²) in [6.45, 7) is 14.7. The Labute approximate surface area is 567 Å². The molecule has 0 aliphatic carbocycles. The molecule has 32 nitrogen and oxygen atoms in total. The molecule has 0 saturated carbocycles. The molecule has 0 spiro atoms. The second-order valence-electron chi connectivity index (χ2n) is 23.6. The maximum atomic E-state index is 14.3. The number of ether oxygens (including phenoxy) is 3. The third-order valence-corrected chi connectivity index (χ3v) is 14.6. The Morgan fingerprint density at radius 1 is 0.536 bits per heavy atom. The molecule has 12 amide bonds. The number of primary amides is 1. The largest absolute Gasteiger partial charge is 0.508 e. The highest BCUT2D eigenvalue weighted by molar-refractivity contribution is 8.13. The minimum absolute atomic E-state index is 0.0149. The molecule has 2 aromatic carbocycles. The van der Waals surface area contributed by atoms with Crippen molar-refractivity contribution in [3.63, 3.8) is 0 Å². The van der Waals surface area contributed by atoms with Gasteiger partial charge in [0.2, 0.25) is 64.2 Å². The van der Waals surface area contributed by atoms with Crippen LogP contribution in [-0.4, -0.2) is 197 Å². The SMILES string of the molecule is C=CCOC(=O)CC[C@H](NC(=O)[C@H](CC(C)C)NC(=O)[C@H](Cc1ccc(O)cc1)NC(=O)[C@H](CO)NC(=O)[C@H](CO)NC(=O)OC(C)(C)C)C(=O)NCC(=O)N[C@@H](CCC(N)=O)C(=O)N[C@@H](C)C(=O)N[C@@H](C)C(=O)N[C@@H](CCCCNC(=O)OCC=C)C(=O)SCc1ccccc1. The van der Waals surface area contributed by atoms with Gasteiger partial charge in [-0.1, -0.05) is 93.4 Å². The summed E-state index contributed by atoms with van der Waals surface area (Å²) in [6, 6.07) is 1.12. The Morgan fingerprint density at radius 2 is 1.04 bits per heavy atom. The van der Waals surface area contributed by atoms with E-state index >= 15 is 0 Å². The van der Waals surface area contributed by atoms with Crippen LogP contribution >= 0.6 is 11.8 Å². The quantitative estimate of drug-likeness (QED) is 0.0167. The van der Waals surface area contributed by atoms with Crippen LogP contribution in [0, 0.1) is 5.92 Å². The first-order chi connectivity index (χ1) is 45.8. The van der Waals surface area contributed by atoms with Crippen LogP contribution in [0.1, 0.15) is 111 Å². The van der Waals surface area contributed by atoms with Crippen LogP contribution in [0.3, 0.4) is 0 Å². The number of phenols is 1. The van der Waals surface area contributed by atoms with Crippen molar-refractivity contribution in [3.05, 3.63) is 91.0 Å². The Kier molecular flexibility index (Phi) is 38.0. The number of esters is 1. The third-order valence-electron chi connectivity index (χ3n) is 13.6. The molecule has 9 atom stereocenters. The topological polar surface area (TPSA) is 486 Å². The zero-order chi connectivity index (χ0) is 72.8. The number of rotatable bonds is 43. The molecule has 0 aliphatic heterocycles. The van der Waals surface area contributed by atoms with E-state index in [2.05, 4.69) is 71.6 Å². The number of hydrogen-bond donors (Lipinski definition) is 15. The Hall–Kier alpha value is -9.63. The molecule has 0 saturated heterocycles. The lowest BCUT2D eigenvalue weighted by molar-refractivity contribution is -0.143. The number of nitrogens with two attached hydrogens (primary N) is 1. The van der Waals surface area contributed by atoms with Gasteiger partial charge in [-0.05, 0) is 102 Å². The average Bonchev–Trinajstić information content (AvgIpc) is 0.917. The highest BCUT2D eigenvalue weighted by Gasteiger charge is 2.35. The Morgan fingerprint density at radius 3 is 1.63 bits per heavy atom. The van der Waals surface area contributed by atoms with Crippen LogP contribution in [-0.2, 0) is 83.9 Å². The van der Waals surface area contributed by atoms with E-state index in [9.17, 15) is 82.4 Å². The predicted molar refractivity (Wildman–Crippen MR) is 353 cm³/mol. The van der Waals surface area contributed by atoms with E-state index in [1.807, 2.05) is 30.3 Å². The van der Waals surface area contributed by atoms with E-state index in [4.69, 9.17) is 19.9 Å². The fourth-order valence-electron chi connectivity index (χ4n) is 8.56. The van der Waals surface area contributed by atoms with Gasteiger partial charge in [-0.3, -0.25) is 57.5 Å². The van der Waals surface area contributed by atoms with Crippen molar-refractivity contribution in [2.45, 2.75) is 172 Å². The van der Waals surface area contributed by atoms with Gasteiger partial charge in [-0.2, -0.15) is 0 Å². The van der Waals surface area contributed by atoms with Gasteiger partial charge in [-0.25, -0.2) is 9.59 Å². The average molecular weight is 1380 g/mol. The summed E-state index contributed by atoms with van der Waals surface area (Å²) in [5.41, 5.74) is 5.61. The van der Waals surface area contributed by atoms with Gasteiger partial charge in [0.1, 0.15) is 72.9 Å². The minimum atomic E-state index is -1.79. The van der Waals surface area contributed by atoms with Gasteiger partial charge in [0.15, 0.2) is 0 Å². The zero-order valence-electron chi connectivity index (χ0n) is 55.6. The molecule has 0 heterocycles. The van der Waals surface area contributed by atoms with E-state index in [0.29, 0.717) is 24.2 Å². The summed E-state index contributed by atoms with van der Waals surface area (Å²) in [5, 5.41) is 56.3. The molecule has 0 radical (unpaired) electrons. The highest BCUT2D eigenvalue weighted by atomic mass is 32.2. The van der Waals surface area contributed by atoms with Crippen molar-refractivity contribution in [1.82, 2.24) is 58.5 Å². The lowest BCUT2D eigenvalue weighted by Crippen LogP contribution is -2.60. The van der Waals surface area contributed by atoms with E-state index in [1.54, 1.807) is 34.6 Å². The maximum absolute atomic E-state index is 14.3. The first-order valence-corrected chi connectivity index (χ1v) is 32.2. The Bertz CT molecular complexity index is 3010. The lowest BCUT2D eigenvalue weighted by Gasteiger charge is -2.27. The molecule has 0 unspecified atom stereocenters. The van der Waals surface area contributed by atoms with Gasteiger partial charge in [0.05, 0.1) is 25.8 Å². The molecule has 0 aromatic heterocycles. The maximum Gasteiger partial charge on any atom is 0.408 e. The molecule has 0 fully saturated rings. The van der Waals surface area contributed by atoms with Gasteiger partial charge < -0.3 is 93.7 Å². The molecule has 0 aliphatic rings. The molecular weight excluding hydrogens is 1290 g/mol. The van der Waals surface area contributed by atoms with Gasteiger partial charge >= 0.3 is 18.2 Å². The first kappa shape index (κ1) is 83.5. The van der Waals surface area contributed by atoms with Crippen molar-refractivity contribution >= 4 is 94.1 Å². The number of phenolic OH excluding ortho intramolecular Hbond substituents is 1. The van der Waals surface area contributed by atoms with E-state index < -0.39 is 183 Å². The highest BCUT2D eigenvalue weighted by Crippen LogP contribution is 2.18. The zero-order valence-corrected chi connectivity index (χ0v) is 56.4. The second kappa shape index (κ2) is 44.2. The molecule has 2 aromatic rings. The number of hydrogen-bond acceptors (Lipinski definition) is 21. The van der Waals surface area contributed by atoms with Crippen molar-refractivity contribution in [2.75, 3.05) is 39.5 Å². The van der Waals surface area contributed by atoms with Crippen molar-refractivity contribution in [3.8, 4) is 5.75 Å². The Balaban J connectivity index is 2.30. The summed E-state index contributed by atoms with van der Waals surface area (Å²) in [4.78, 5) is 186. The summed E-state index contributed by atoms with van der Waals surface area (Å²) in [7, 11) is 0. The summed E-state index contributed by atoms with van der Waals surface area (Å²) in [6.07, 6.45) is -0.307. The van der Waals surface area contributed by atoms with E-state index in [-0.39, 0.29) is 55.8 Å². The summed E-state index contributed by atoms with van der Waals surface area (Å²) in [5.74, 6) is -10.9. The van der Waals surface area contributed by atoms with Gasteiger partial charge in [0, 0.05) is 31.6 Å². The number of carbonyl (C=O) groups excluding carboxylic acids is 14. The minimum Gasteiger partial charge on any atom is -0.508 e. The number of benzene rings is 2. The van der Waals surface area contributed by atoms with Crippen molar-refractivity contribution in [1.29, 1.82) is 0 Å². The fraction of sp³-hybridized carbons (Fsp3) is 0.531. The lowest BCUT2D eigenvalue weighted by atomic mass is 10.00. The third kappa shape index (κ3) is 34.6. The number of aliphatic hydroxyl groups is 2. The number of thioether (sulfide) groups is 1. The van der Waals surface area contributed by atoms with Crippen LogP contribution in [0.25, 0.3) is 0 Å². The summed E-state index contributed by atoms with van der Waals surface area (Å²) >= 11 is 0.980.